The topological polar surface area (TPSA) is 166 Å². The summed E-state index contributed by atoms with van der Waals surface area (Å²) in [6.07, 6.45) is -1.27. The first kappa shape index (κ1) is 30.6. The highest BCUT2D eigenvalue weighted by molar-refractivity contribution is 7.18. The maximum Gasteiger partial charge on any atom is 0.407 e. The van der Waals surface area contributed by atoms with Crippen molar-refractivity contribution in [3.8, 4) is 0 Å². The predicted molar refractivity (Wildman–Crippen MR) is 152 cm³/mol. The molecule has 13 heteroatoms. The third-order valence-corrected chi connectivity index (χ3v) is 6.57. The minimum atomic E-state index is -1.17. The predicted octanol–water partition coefficient (Wildman–Crippen LogP) is 3.03. The number of likely N-dealkylation sites (N-methyl/N-ethyl adjacent to an activating group) is 1. The summed E-state index contributed by atoms with van der Waals surface area (Å²) in [6, 6.07) is 20.1. The maximum atomic E-state index is 12.8. The van der Waals surface area contributed by atoms with Gasteiger partial charge in [-0.15, -0.1) is 11.3 Å². The first-order valence-electron chi connectivity index (χ1n) is 12.6. The van der Waals surface area contributed by atoms with Crippen LogP contribution in [-0.2, 0) is 27.5 Å². The van der Waals surface area contributed by atoms with Crippen LogP contribution in [0, 0.1) is 0 Å². The summed E-state index contributed by atoms with van der Waals surface area (Å²) in [5.74, 6) is -2.16. The molecule has 0 saturated carbocycles. The Morgan fingerprint density at radius 2 is 1.56 bits per heavy atom. The maximum absolute atomic E-state index is 12.8. The number of carboxylic acid groups (broad SMARTS) is 1. The lowest BCUT2D eigenvalue weighted by Crippen LogP contribution is -2.47. The van der Waals surface area contributed by atoms with Gasteiger partial charge in [0.1, 0.15) is 6.61 Å². The van der Waals surface area contributed by atoms with Gasteiger partial charge in [0.25, 0.3) is 5.91 Å². The average Bonchev–Trinajstić information content (AvgIpc) is 3.42. The molecule has 1 unspecified atom stereocenters. The van der Waals surface area contributed by atoms with Crippen LogP contribution in [-0.4, -0.2) is 66.1 Å². The summed E-state index contributed by atoms with van der Waals surface area (Å²) >= 11 is 1.06. The molecule has 2 aromatic carbocycles. The molecule has 0 aliphatic rings. The van der Waals surface area contributed by atoms with E-state index >= 15 is 0 Å². The minimum absolute atomic E-state index is 0.00401. The Morgan fingerprint density at radius 1 is 0.902 bits per heavy atom. The van der Waals surface area contributed by atoms with Gasteiger partial charge in [0.2, 0.25) is 5.91 Å². The van der Waals surface area contributed by atoms with E-state index in [0.717, 1.165) is 22.5 Å². The average molecular weight is 582 g/mol. The van der Waals surface area contributed by atoms with E-state index in [1.807, 2.05) is 36.4 Å². The molecule has 0 aliphatic heterocycles. The number of hydrogen-bond acceptors (Lipinski definition) is 7. The van der Waals surface area contributed by atoms with Crippen molar-refractivity contribution in [1.29, 1.82) is 0 Å². The lowest BCUT2D eigenvalue weighted by Gasteiger charge is -2.19. The number of benzene rings is 2. The van der Waals surface area contributed by atoms with Crippen LogP contribution in [0.5, 0.6) is 0 Å². The fourth-order valence-electron chi connectivity index (χ4n) is 3.54. The van der Waals surface area contributed by atoms with E-state index in [0.29, 0.717) is 16.4 Å². The molecule has 3 rings (SSSR count). The van der Waals surface area contributed by atoms with Crippen molar-refractivity contribution in [2.24, 2.45) is 0 Å². The molecule has 3 aromatic rings. The summed E-state index contributed by atoms with van der Waals surface area (Å²) in [5, 5.41) is 20.0. The van der Waals surface area contributed by atoms with Gasteiger partial charge in [-0.25, -0.2) is 9.59 Å². The van der Waals surface area contributed by atoms with Gasteiger partial charge in [0.15, 0.2) is 0 Å². The number of nitrogens with one attached hydrogen (secondary N) is 4. The van der Waals surface area contributed by atoms with E-state index in [1.54, 1.807) is 36.4 Å². The van der Waals surface area contributed by atoms with Crippen LogP contribution in [0.1, 0.15) is 27.2 Å². The Bertz CT molecular complexity index is 1330. The van der Waals surface area contributed by atoms with Crippen LogP contribution in [0.15, 0.2) is 72.8 Å². The molecule has 5 N–H and O–H groups in total. The number of hydrogen-bond donors (Lipinski definition) is 5. The van der Waals surface area contributed by atoms with Gasteiger partial charge in [-0.05, 0) is 23.3 Å². The third kappa shape index (κ3) is 11.0. The zero-order valence-electron chi connectivity index (χ0n) is 22.3. The number of rotatable bonds is 13. The van der Waals surface area contributed by atoms with Crippen molar-refractivity contribution < 1.29 is 33.8 Å². The zero-order valence-corrected chi connectivity index (χ0v) is 23.1. The molecular weight excluding hydrogens is 550 g/mol. The zero-order chi connectivity index (χ0) is 29.6. The first-order valence-corrected chi connectivity index (χ1v) is 13.4. The smallest absolute Gasteiger partial charge is 0.407 e. The van der Waals surface area contributed by atoms with Crippen molar-refractivity contribution in [3.05, 3.63) is 88.8 Å². The van der Waals surface area contributed by atoms with Crippen LogP contribution in [0.2, 0.25) is 0 Å². The quantitative estimate of drug-likeness (QED) is 0.207. The van der Waals surface area contributed by atoms with Gasteiger partial charge in [0.05, 0.1) is 28.9 Å². The molecular formula is C28H31N5O7S. The van der Waals surface area contributed by atoms with Crippen LogP contribution in [0.4, 0.5) is 14.6 Å². The third-order valence-electron chi connectivity index (χ3n) is 5.58. The number of nitrogens with zero attached hydrogens (tertiary/aromatic N) is 1. The van der Waals surface area contributed by atoms with E-state index in [2.05, 4.69) is 21.3 Å². The summed E-state index contributed by atoms with van der Waals surface area (Å²) in [7, 11) is 1.44. The lowest BCUT2D eigenvalue weighted by molar-refractivity contribution is -0.137. The molecule has 1 atom stereocenters. The highest BCUT2D eigenvalue weighted by Crippen LogP contribution is 2.23. The highest BCUT2D eigenvalue weighted by Gasteiger charge is 2.21. The number of carbonyl (C=O) groups excluding carboxylic acids is 4. The van der Waals surface area contributed by atoms with Gasteiger partial charge in [-0.3, -0.25) is 19.7 Å². The van der Waals surface area contributed by atoms with Gasteiger partial charge in [-0.2, -0.15) is 0 Å². The van der Waals surface area contributed by atoms with E-state index < -0.39 is 42.4 Å². The van der Waals surface area contributed by atoms with Crippen LogP contribution >= 0.6 is 11.3 Å². The van der Waals surface area contributed by atoms with Gasteiger partial charge in [-0.1, -0.05) is 60.7 Å². The Hall–Kier alpha value is -4.91. The summed E-state index contributed by atoms with van der Waals surface area (Å²) in [5.41, 5.74) is 1.70. The van der Waals surface area contributed by atoms with E-state index in [-0.39, 0.29) is 19.7 Å². The molecule has 0 saturated heterocycles. The molecule has 0 aliphatic carbocycles. The molecule has 1 heterocycles. The fraction of sp³-hybridized carbons (Fsp3) is 0.250. The number of alkyl carbamates (subject to hydrolysis) is 1. The molecule has 0 spiro atoms. The standard InChI is InChI=1S/C28H31N5O7S/c1-33(26(37)22-12-13-24(41-22)32-27(38)30-15-19-8-4-2-5-9-19)17-23(34)29-16-21(14-25(35)36)31-28(39)40-18-20-10-6-3-7-11-20/h2-13,21H,14-18H2,1H3,(H,29,34)(H,31,39)(H,35,36)(H2,30,32,38). The van der Waals surface area contributed by atoms with Gasteiger partial charge in [0, 0.05) is 20.1 Å². The Kier molecular flexibility index (Phi) is 11.7. The highest BCUT2D eigenvalue weighted by atomic mass is 32.1. The normalized spacial score (nSPS) is 11.0. The molecule has 1 aromatic heterocycles. The lowest BCUT2D eigenvalue weighted by atomic mass is 10.2. The fourth-order valence-corrected chi connectivity index (χ4v) is 4.43. The SMILES string of the molecule is CN(CC(=O)NCC(CC(=O)O)NC(=O)OCc1ccccc1)C(=O)c1ccc(NC(=O)NCc2ccccc2)s1. The van der Waals surface area contributed by atoms with Crippen molar-refractivity contribution in [3.63, 3.8) is 0 Å². The van der Waals surface area contributed by atoms with Crippen LogP contribution < -0.4 is 21.3 Å². The number of carbonyl (C=O) groups is 5. The van der Waals surface area contributed by atoms with Crippen molar-refractivity contribution in [1.82, 2.24) is 20.9 Å². The summed E-state index contributed by atoms with van der Waals surface area (Å²) in [6.45, 7) is -0.141. The molecule has 12 nitrogen and oxygen atoms in total. The number of anilines is 1. The number of thiophene rings is 1. The number of carboxylic acids is 1. The molecule has 5 amide bonds. The second-order valence-electron chi connectivity index (χ2n) is 8.92. The molecule has 0 fully saturated rings. The molecule has 0 bridgehead atoms. The van der Waals surface area contributed by atoms with Crippen molar-refractivity contribution >= 4 is 46.2 Å². The summed E-state index contributed by atoms with van der Waals surface area (Å²) in [4.78, 5) is 62.3. The number of ether oxygens (including phenoxy) is 1. The summed E-state index contributed by atoms with van der Waals surface area (Å²) < 4.78 is 5.11. The Morgan fingerprint density at radius 3 is 2.22 bits per heavy atom. The molecule has 41 heavy (non-hydrogen) atoms. The van der Waals surface area contributed by atoms with Crippen LogP contribution in [0.25, 0.3) is 0 Å². The Balaban J connectivity index is 1.42. The molecule has 0 radical (unpaired) electrons. The second-order valence-corrected chi connectivity index (χ2v) is 10.0. The second kappa shape index (κ2) is 15.6. The minimum Gasteiger partial charge on any atom is -0.481 e. The van der Waals surface area contributed by atoms with Gasteiger partial charge >= 0.3 is 18.1 Å². The van der Waals surface area contributed by atoms with E-state index in [4.69, 9.17) is 9.84 Å². The van der Waals surface area contributed by atoms with Gasteiger partial charge < -0.3 is 30.7 Å². The number of aliphatic carboxylic acids is 1. The van der Waals surface area contributed by atoms with Crippen molar-refractivity contribution in [2.75, 3.05) is 25.5 Å². The first-order chi connectivity index (χ1) is 19.7. The van der Waals surface area contributed by atoms with E-state index in [1.165, 1.54) is 11.9 Å². The van der Waals surface area contributed by atoms with Crippen LogP contribution in [0.3, 0.4) is 0 Å². The largest absolute Gasteiger partial charge is 0.481 e. The van der Waals surface area contributed by atoms with E-state index in [9.17, 15) is 24.0 Å². The number of urea groups is 1. The molecule has 216 valence electrons. The number of amides is 5. The monoisotopic (exact) mass is 581 g/mol. The Labute approximate surface area is 240 Å². The van der Waals surface area contributed by atoms with Crippen molar-refractivity contribution in [2.45, 2.75) is 25.6 Å².